The number of hydrogen-bond acceptors (Lipinski definition) is 6. The zero-order chi connectivity index (χ0) is 46.5. The predicted molar refractivity (Wildman–Crippen MR) is 275 cm³/mol. The van der Waals surface area contributed by atoms with Crippen molar-refractivity contribution in [1.82, 2.24) is 0 Å². The fourth-order valence-electron chi connectivity index (χ4n) is 7.56. The molecule has 0 spiro atoms. The molecule has 0 amide bonds. The third-order valence-electron chi connectivity index (χ3n) is 11.7. The van der Waals surface area contributed by atoms with Crippen LogP contribution in [-0.4, -0.2) is 37.2 Å². The van der Waals surface area contributed by atoms with Crippen LogP contribution >= 0.6 is 0 Å². The van der Waals surface area contributed by atoms with Gasteiger partial charge in [0.2, 0.25) is 0 Å². The first-order valence-electron chi connectivity index (χ1n) is 27.3. The van der Waals surface area contributed by atoms with Crippen molar-refractivity contribution >= 4 is 17.9 Å². The Labute approximate surface area is 396 Å². The fourth-order valence-corrected chi connectivity index (χ4v) is 7.56. The Hall–Kier alpha value is -2.89. The van der Waals surface area contributed by atoms with Gasteiger partial charge in [-0.3, -0.25) is 14.4 Å². The van der Waals surface area contributed by atoms with Crippen LogP contribution < -0.4 is 0 Å². The molecular weight excluding hydrogens is 793 g/mol. The van der Waals surface area contributed by atoms with Crippen LogP contribution in [0, 0.1) is 0 Å². The molecule has 0 saturated heterocycles. The van der Waals surface area contributed by atoms with E-state index in [0.717, 1.165) is 70.6 Å². The Balaban J connectivity index is 4.40. The summed E-state index contributed by atoms with van der Waals surface area (Å²) in [5, 5.41) is 0. The Kier molecular flexibility index (Phi) is 50.4. The van der Waals surface area contributed by atoms with Crippen LogP contribution in [0.4, 0.5) is 0 Å². The summed E-state index contributed by atoms with van der Waals surface area (Å²) in [6.45, 7) is 6.55. The van der Waals surface area contributed by atoms with E-state index in [0.29, 0.717) is 19.3 Å². The number of carbonyl (C=O) groups is 3. The molecular formula is C58H102O6. The summed E-state index contributed by atoms with van der Waals surface area (Å²) in [6.07, 6.45) is 64.9. The molecule has 0 aliphatic carbocycles. The second-order valence-electron chi connectivity index (χ2n) is 18.1. The molecule has 0 saturated carbocycles. The molecule has 0 heterocycles. The minimum absolute atomic E-state index is 0.0939. The third-order valence-corrected chi connectivity index (χ3v) is 11.7. The third kappa shape index (κ3) is 50.1. The van der Waals surface area contributed by atoms with E-state index in [1.165, 1.54) is 154 Å². The number of hydrogen-bond donors (Lipinski definition) is 0. The van der Waals surface area contributed by atoms with E-state index in [1.54, 1.807) is 0 Å². The van der Waals surface area contributed by atoms with Crippen LogP contribution in [0.1, 0.15) is 271 Å². The monoisotopic (exact) mass is 895 g/mol. The van der Waals surface area contributed by atoms with Crippen molar-refractivity contribution in [1.29, 1.82) is 0 Å². The summed E-state index contributed by atoms with van der Waals surface area (Å²) in [5.74, 6) is -0.940. The average Bonchev–Trinajstić information content (AvgIpc) is 3.29. The van der Waals surface area contributed by atoms with Crippen LogP contribution in [0.15, 0.2) is 60.8 Å². The Morgan fingerprint density at radius 1 is 0.312 bits per heavy atom. The highest BCUT2D eigenvalue weighted by Gasteiger charge is 2.19. The van der Waals surface area contributed by atoms with Crippen molar-refractivity contribution in [3.63, 3.8) is 0 Å². The lowest BCUT2D eigenvalue weighted by atomic mass is 10.1. The minimum atomic E-state index is -0.798. The van der Waals surface area contributed by atoms with E-state index < -0.39 is 6.10 Å². The maximum atomic E-state index is 12.8. The highest BCUT2D eigenvalue weighted by molar-refractivity contribution is 5.71. The van der Waals surface area contributed by atoms with Gasteiger partial charge in [-0.1, -0.05) is 204 Å². The lowest BCUT2D eigenvalue weighted by Crippen LogP contribution is -2.30. The van der Waals surface area contributed by atoms with E-state index in [9.17, 15) is 14.4 Å². The molecule has 0 fully saturated rings. The molecule has 0 rings (SSSR count). The first kappa shape index (κ1) is 61.1. The molecule has 0 unspecified atom stereocenters. The van der Waals surface area contributed by atoms with Crippen molar-refractivity contribution in [3.8, 4) is 0 Å². The van der Waals surface area contributed by atoms with Crippen LogP contribution in [0.2, 0.25) is 0 Å². The predicted octanol–water partition coefficient (Wildman–Crippen LogP) is 18.0. The van der Waals surface area contributed by atoms with Crippen molar-refractivity contribution in [2.75, 3.05) is 13.2 Å². The topological polar surface area (TPSA) is 78.9 Å². The van der Waals surface area contributed by atoms with E-state index in [4.69, 9.17) is 14.2 Å². The van der Waals surface area contributed by atoms with Crippen molar-refractivity contribution in [2.45, 2.75) is 277 Å². The fraction of sp³-hybridized carbons (Fsp3) is 0.776. The highest BCUT2D eigenvalue weighted by atomic mass is 16.6. The second kappa shape index (κ2) is 52.7. The Morgan fingerprint density at radius 2 is 0.562 bits per heavy atom. The van der Waals surface area contributed by atoms with Gasteiger partial charge in [-0.15, -0.1) is 0 Å². The van der Waals surface area contributed by atoms with Crippen molar-refractivity contribution in [2.24, 2.45) is 0 Å². The van der Waals surface area contributed by atoms with Crippen LogP contribution in [0.25, 0.3) is 0 Å². The molecule has 0 N–H and O–H groups in total. The number of allylic oxidation sites excluding steroid dienone is 10. The van der Waals surface area contributed by atoms with Gasteiger partial charge in [-0.05, 0) is 109 Å². The maximum Gasteiger partial charge on any atom is 0.306 e. The van der Waals surface area contributed by atoms with Gasteiger partial charge >= 0.3 is 17.9 Å². The highest BCUT2D eigenvalue weighted by Crippen LogP contribution is 2.14. The molecule has 1 atom stereocenters. The Morgan fingerprint density at radius 3 is 0.953 bits per heavy atom. The molecule has 64 heavy (non-hydrogen) atoms. The standard InChI is InChI=1S/C58H102O6/c1-4-7-10-13-16-19-22-25-27-28-29-30-32-33-36-39-42-45-48-51-57(60)63-54-55(53-62-56(59)50-47-44-41-38-35-24-21-18-15-12-9-6-3)64-58(61)52-49-46-43-40-37-34-31-26-23-20-17-14-11-8-5-2/h17-18,20-21,26,28-29,31,37,40,55H,4-16,19,22-25,27,30,32-36,38-39,41-54H2,1-3H3/b20-17-,21-18-,29-28-,31-26-,40-37-/t55-/m1/s1. The first-order chi connectivity index (χ1) is 31.5. The molecule has 0 aliphatic rings. The minimum Gasteiger partial charge on any atom is -0.462 e. The molecule has 6 heteroatoms. The van der Waals surface area contributed by atoms with Gasteiger partial charge in [0.15, 0.2) is 6.10 Å². The van der Waals surface area contributed by atoms with E-state index in [1.807, 2.05) is 0 Å². The van der Waals surface area contributed by atoms with Crippen LogP contribution in [0.5, 0.6) is 0 Å². The molecule has 0 aromatic heterocycles. The quantitative estimate of drug-likeness (QED) is 0.0262. The SMILES string of the molecule is CCCCC/C=C\C/C=C\C/C=C\CCCCC(=O)O[C@H](COC(=O)CCCCCCC/C=C\CCCCC)COC(=O)CCCCCCCCC/C=C\CCCCCCCCCC. The molecule has 6 nitrogen and oxygen atoms in total. The zero-order valence-corrected chi connectivity index (χ0v) is 42.3. The zero-order valence-electron chi connectivity index (χ0n) is 42.3. The van der Waals surface area contributed by atoms with Crippen molar-refractivity contribution in [3.05, 3.63) is 60.8 Å². The number of unbranched alkanes of at least 4 members (excludes halogenated alkanes) is 28. The van der Waals surface area contributed by atoms with E-state index in [-0.39, 0.29) is 37.5 Å². The molecule has 0 aromatic carbocycles. The van der Waals surface area contributed by atoms with Crippen LogP contribution in [-0.2, 0) is 28.6 Å². The summed E-state index contributed by atoms with van der Waals surface area (Å²) >= 11 is 0. The van der Waals surface area contributed by atoms with E-state index >= 15 is 0 Å². The Bertz CT molecular complexity index is 1170. The number of rotatable bonds is 49. The largest absolute Gasteiger partial charge is 0.462 e. The van der Waals surface area contributed by atoms with Gasteiger partial charge in [0.1, 0.15) is 13.2 Å². The maximum absolute atomic E-state index is 12.8. The number of esters is 3. The summed E-state index contributed by atoms with van der Waals surface area (Å²) in [6, 6.07) is 0. The normalized spacial score (nSPS) is 12.5. The molecule has 0 radical (unpaired) electrons. The summed E-state index contributed by atoms with van der Waals surface area (Å²) in [4.78, 5) is 38.0. The van der Waals surface area contributed by atoms with E-state index in [2.05, 4.69) is 81.5 Å². The number of carbonyl (C=O) groups excluding carboxylic acids is 3. The van der Waals surface area contributed by atoms with Gasteiger partial charge in [0.25, 0.3) is 0 Å². The van der Waals surface area contributed by atoms with Gasteiger partial charge in [-0.25, -0.2) is 0 Å². The van der Waals surface area contributed by atoms with Gasteiger partial charge in [0, 0.05) is 19.3 Å². The lowest BCUT2D eigenvalue weighted by molar-refractivity contribution is -0.167. The lowest BCUT2D eigenvalue weighted by Gasteiger charge is -2.18. The van der Waals surface area contributed by atoms with Gasteiger partial charge < -0.3 is 14.2 Å². The number of ether oxygens (including phenoxy) is 3. The second-order valence-corrected chi connectivity index (χ2v) is 18.1. The van der Waals surface area contributed by atoms with Gasteiger partial charge in [-0.2, -0.15) is 0 Å². The van der Waals surface area contributed by atoms with Crippen molar-refractivity contribution < 1.29 is 28.6 Å². The summed E-state index contributed by atoms with van der Waals surface area (Å²) in [5.41, 5.74) is 0. The van der Waals surface area contributed by atoms with Crippen LogP contribution in [0.3, 0.4) is 0 Å². The molecule has 0 bridgehead atoms. The molecule has 0 aliphatic heterocycles. The smallest absolute Gasteiger partial charge is 0.306 e. The van der Waals surface area contributed by atoms with Gasteiger partial charge in [0.05, 0.1) is 0 Å². The first-order valence-corrected chi connectivity index (χ1v) is 27.3. The summed E-state index contributed by atoms with van der Waals surface area (Å²) < 4.78 is 16.8. The average molecular weight is 895 g/mol. The molecule has 370 valence electrons. The molecule has 0 aromatic rings. The summed E-state index contributed by atoms with van der Waals surface area (Å²) in [7, 11) is 0.